The first-order chi connectivity index (χ1) is 6.49. The first-order valence-electron chi connectivity index (χ1n) is 3.69. The second-order valence-electron chi connectivity index (χ2n) is 2.57. The maximum Gasteiger partial charge on any atom is 0.416 e. The molecule has 0 aliphatic rings. The molecule has 1 rings (SSSR count). The summed E-state index contributed by atoms with van der Waals surface area (Å²) in [5, 5.41) is 0. The van der Waals surface area contributed by atoms with E-state index in [1.54, 1.807) is 6.26 Å². The molecule has 1 aromatic rings. The smallest absolute Gasteiger partial charge is 0.298 e. The number of halogens is 3. The molecule has 0 saturated heterocycles. The molecule has 0 aliphatic carbocycles. The van der Waals surface area contributed by atoms with Crippen molar-refractivity contribution in [2.45, 2.75) is 11.1 Å². The van der Waals surface area contributed by atoms with Crippen molar-refractivity contribution in [3.63, 3.8) is 0 Å². The van der Waals surface area contributed by atoms with E-state index < -0.39 is 11.7 Å². The number of carbonyl (C=O) groups excluding carboxylic acids is 1. The summed E-state index contributed by atoms with van der Waals surface area (Å²) in [4.78, 5) is 11.0. The minimum Gasteiger partial charge on any atom is -0.298 e. The van der Waals surface area contributed by atoms with E-state index in [0.717, 1.165) is 12.1 Å². The first-order valence-corrected chi connectivity index (χ1v) is 4.92. The Labute approximate surface area is 83.3 Å². The lowest BCUT2D eigenvalue weighted by Crippen LogP contribution is -2.05. The monoisotopic (exact) mass is 220 g/mol. The minimum absolute atomic E-state index is 0.0762. The molecule has 0 amide bonds. The van der Waals surface area contributed by atoms with E-state index in [4.69, 9.17) is 0 Å². The molecule has 1 nitrogen and oxygen atoms in total. The third-order valence-electron chi connectivity index (χ3n) is 1.68. The van der Waals surface area contributed by atoms with Gasteiger partial charge >= 0.3 is 6.18 Å². The molecule has 0 atom stereocenters. The van der Waals surface area contributed by atoms with E-state index in [1.165, 1.54) is 17.8 Å². The molecule has 0 saturated carbocycles. The highest BCUT2D eigenvalue weighted by atomic mass is 32.2. The van der Waals surface area contributed by atoms with E-state index in [0.29, 0.717) is 11.2 Å². The Morgan fingerprint density at radius 3 is 2.43 bits per heavy atom. The Balaban J connectivity index is 3.21. The predicted molar refractivity (Wildman–Crippen MR) is 48.6 cm³/mol. The molecule has 0 N–H and O–H groups in total. The van der Waals surface area contributed by atoms with Gasteiger partial charge in [0.05, 0.1) is 5.56 Å². The standard InChI is InChI=1S/C9H7F3OS/c1-14-8-3-2-7(9(10,11)12)4-6(8)5-13/h2-5H,1H3. The van der Waals surface area contributed by atoms with Crippen molar-refractivity contribution < 1.29 is 18.0 Å². The molecule has 0 bridgehead atoms. The Bertz CT molecular complexity index is 346. The highest BCUT2D eigenvalue weighted by Gasteiger charge is 2.30. The van der Waals surface area contributed by atoms with Crippen LogP contribution in [0.2, 0.25) is 0 Å². The summed E-state index contributed by atoms with van der Waals surface area (Å²) in [6, 6.07) is 3.13. The second-order valence-corrected chi connectivity index (χ2v) is 3.42. The summed E-state index contributed by atoms with van der Waals surface area (Å²) in [5.74, 6) is 0. The lowest BCUT2D eigenvalue weighted by atomic mass is 10.1. The fraction of sp³-hybridized carbons (Fsp3) is 0.222. The lowest BCUT2D eigenvalue weighted by molar-refractivity contribution is -0.137. The van der Waals surface area contributed by atoms with Crippen LogP contribution in [0.3, 0.4) is 0 Å². The van der Waals surface area contributed by atoms with Crippen LogP contribution in [0.15, 0.2) is 23.1 Å². The summed E-state index contributed by atoms with van der Waals surface area (Å²) in [6.07, 6.45) is -2.26. The number of carbonyl (C=O) groups is 1. The molecule has 5 heteroatoms. The third-order valence-corrected chi connectivity index (χ3v) is 2.50. The van der Waals surface area contributed by atoms with Crippen molar-refractivity contribution >= 4 is 18.0 Å². The van der Waals surface area contributed by atoms with Crippen molar-refractivity contribution in [1.82, 2.24) is 0 Å². The predicted octanol–water partition coefficient (Wildman–Crippen LogP) is 3.24. The number of rotatable bonds is 2. The number of thioether (sulfide) groups is 1. The van der Waals surface area contributed by atoms with E-state index in [2.05, 4.69) is 0 Å². The summed E-state index contributed by atoms with van der Waals surface area (Å²) < 4.78 is 36.7. The SMILES string of the molecule is CSc1ccc(C(F)(F)F)cc1C=O. The van der Waals surface area contributed by atoms with Crippen LogP contribution in [0.4, 0.5) is 13.2 Å². The summed E-state index contributed by atoms with van der Waals surface area (Å²) in [5.41, 5.74) is -0.718. The molecular formula is C9H7F3OS. The zero-order valence-corrected chi connectivity index (χ0v) is 8.08. The molecule has 14 heavy (non-hydrogen) atoms. The number of hydrogen-bond donors (Lipinski definition) is 0. The van der Waals surface area contributed by atoms with Gasteiger partial charge in [0, 0.05) is 10.5 Å². The Kier molecular flexibility index (Phi) is 3.21. The van der Waals surface area contributed by atoms with Crippen LogP contribution in [0, 0.1) is 0 Å². The van der Waals surface area contributed by atoms with Crippen LogP contribution in [0.5, 0.6) is 0 Å². The fourth-order valence-corrected chi connectivity index (χ4v) is 1.55. The highest BCUT2D eigenvalue weighted by molar-refractivity contribution is 7.98. The summed E-state index contributed by atoms with van der Waals surface area (Å²) >= 11 is 1.24. The van der Waals surface area contributed by atoms with Crippen molar-refractivity contribution in [2.24, 2.45) is 0 Å². The van der Waals surface area contributed by atoms with Crippen LogP contribution in [0.25, 0.3) is 0 Å². The molecule has 1 aromatic carbocycles. The number of benzene rings is 1. The third kappa shape index (κ3) is 2.29. The topological polar surface area (TPSA) is 17.1 Å². The van der Waals surface area contributed by atoms with Gasteiger partial charge in [-0.2, -0.15) is 13.2 Å². The quantitative estimate of drug-likeness (QED) is 0.562. The van der Waals surface area contributed by atoms with Crippen molar-refractivity contribution in [3.8, 4) is 0 Å². The Morgan fingerprint density at radius 1 is 1.36 bits per heavy atom. The molecule has 76 valence electrons. The van der Waals surface area contributed by atoms with Gasteiger partial charge in [-0.05, 0) is 24.5 Å². The van der Waals surface area contributed by atoms with Crippen LogP contribution < -0.4 is 0 Å². The van der Waals surface area contributed by atoms with Gasteiger partial charge in [0.25, 0.3) is 0 Å². The van der Waals surface area contributed by atoms with Gasteiger partial charge in [0.1, 0.15) is 0 Å². The molecule has 0 unspecified atom stereocenters. The van der Waals surface area contributed by atoms with Crippen LogP contribution in [-0.4, -0.2) is 12.5 Å². The maximum atomic E-state index is 12.2. The van der Waals surface area contributed by atoms with Gasteiger partial charge in [-0.1, -0.05) is 0 Å². The van der Waals surface area contributed by atoms with Crippen LogP contribution in [0.1, 0.15) is 15.9 Å². The molecule has 0 aromatic heterocycles. The first kappa shape index (κ1) is 11.1. The highest BCUT2D eigenvalue weighted by Crippen LogP contribution is 2.31. The van der Waals surface area contributed by atoms with E-state index >= 15 is 0 Å². The average Bonchev–Trinajstić information content (AvgIpc) is 2.15. The minimum atomic E-state index is -4.39. The van der Waals surface area contributed by atoms with Crippen molar-refractivity contribution in [3.05, 3.63) is 29.3 Å². The molecular weight excluding hydrogens is 213 g/mol. The molecule has 0 heterocycles. The summed E-state index contributed by atoms with van der Waals surface area (Å²) in [6.45, 7) is 0. The Morgan fingerprint density at radius 2 is 2.00 bits per heavy atom. The zero-order valence-electron chi connectivity index (χ0n) is 7.26. The maximum absolute atomic E-state index is 12.2. The lowest BCUT2D eigenvalue weighted by Gasteiger charge is -2.08. The molecule has 0 spiro atoms. The van der Waals surface area contributed by atoms with Gasteiger partial charge in [-0.25, -0.2) is 0 Å². The van der Waals surface area contributed by atoms with Crippen molar-refractivity contribution in [1.29, 1.82) is 0 Å². The average molecular weight is 220 g/mol. The molecule has 0 fully saturated rings. The van der Waals surface area contributed by atoms with Crippen molar-refractivity contribution in [2.75, 3.05) is 6.26 Å². The van der Waals surface area contributed by atoms with Gasteiger partial charge in [0.2, 0.25) is 0 Å². The zero-order chi connectivity index (χ0) is 10.8. The molecule has 0 radical (unpaired) electrons. The second kappa shape index (κ2) is 4.04. The summed E-state index contributed by atoms with van der Waals surface area (Å²) in [7, 11) is 0. The van der Waals surface area contributed by atoms with E-state index in [9.17, 15) is 18.0 Å². The van der Waals surface area contributed by atoms with Gasteiger partial charge < -0.3 is 0 Å². The van der Waals surface area contributed by atoms with E-state index in [-0.39, 0.29) is 5.56 Å². The van der Waals surface area contributed by atoms with Crippen LogP contribution >= 0.6 is 11.8 Å². The van der Waals surface area contributed by atoms with E-state index in [1.807, 2.05) is 0 Å². The number of aldehydes is 1. The largest absolute Gasteiger partial charge is 0.416 e. The number of alkyl halides is 3. The normalized spacial score (nSPS) is 11.4. The van der Waals surface area contributed by atoms with Gasteiger partial charge in [-0.3, -0.25) is 4.79 Å². The fourth-order valence-electron chi connectivity index (χ4n) is 1.00. The number of hydrogen-bond acceptors (Lipinski definition) is 2. The Hall–Kier alpha value is -0.970. The molecule has 0 aliphatic heterocycles. The van der Waals surface area contributed by atoms with Gasteiger partial charge in [0.15, 0.2) is 6.29 Å². The van der Waals surface area contributed by atoms with Gasteiger partial charge in [-0.15, -0.1) is 11.8 Å². The van der Waals surface area contributed by atoms with Crippen LogP contribution in [-0.2, 0) is 6.18 Å².